The number of fused-ring (bicyclic) bond motifs is 2. The summed E-state index contributed by atoms with van der Waals surface area (Å²) >= 11 is 0. The molecule has 0 saturated carbocycles. The summed E-state index contributed by atoms with van der Waals surface area (Å²) < 4.78 is 0. The normalized spacial score (nSPS) is 14.3. The molecule has 0 fully saturated rings. The van der Waals surface area contributed by atoms with Crippen molar-refractivity contribution in [1.82, 2.24) is 5.32 Å². The van der Waals surface area contributed by atoms with Crippen LogP contribution in [0.4, 0.5) is 5.69 Å². The molecule has 0 spiro atoms. The van der Waals surface area contributed by atoms with Crippen molar-refractivity contribution in [2.24, 2.45) is 0 Å². The first kappa shape index (κ1) is 15.9. The van der Waals surface area contributed by atoms with Gasteiger partial charge in [-0.25, -0.2) is 0 Å². The van der Waals surface area contributed by atoms with Crippen LogP contribution in [0.15, 0.2) is 78.5 Å². The van der Waals surface area contributed by atoms with E-state index in [0.29, 0.717) is 0 Å². The molecule has 3 heteroatoms. The molecule has 0 radical (unpaired) electrons. The summed E-state index contributed by atoms with van der Waals surface area (Å²) in [6.45, 7) is 1.60. The summed E-state index contributed by atoms with van der Waals surface area (Å²) in [5, 5.41) is 7.11. The SMILES string of the molecule is O=C1c2ccccc2C2=C(NCCc3ccccc3)CNc3cccc1c32. The van der Waals surface area contributed by atoms with Gasteiger partial charge in [0.25, 0.3) is 0 Å². The molecule has 3 aromatic rings. The third kappa shape index (κ3) is 2.63. The molecule has 0 saturated heterocycles. The van der Waals surface area contributed by atoms with E-state index in [-0.39, 0.29) is 5.78 Å². The number of hydrogen-bond acceptors (Lipinski definition) is 3. The number of carbonyl (C=O) groups excluding carboxylic acids is 1. The molecule has 2 aliphatic rings. The van der Waals surface area contributed by atoms with Crippen LogP contribution in [-0.2, 0) is 6.42 Å². The van der Waals surface area contributed by atoms with Crippen molar-refractivity contribution < 1.29 is 4.79 Å². The van der Waals surface area contributed by atoms with Gasteiger partial charge >= 0.3 is 0 Å². The van der Waals surface area contributed by atoms with Crippen LogP contribution in [0.25, 0.3) is 5.57 Å². The number of rotatable bonds is 4. The molecule has 0 bridgehead atoms. The predicted molar refractivity (Wildman–Crippen MR) is 109 cm³/mol. The van der Waals surface area contributed by atoms with Crippen LogP contribution in [0.5, 0.6) is 0 Å². The smallest absolute Gasteiger partial charge is 0.194 e. The first-order valence-electron chi connectivity index (χ1n) is 9.35. The Morgan fingerprint density at radius 3 is 2.41 bits per heavy atom. The average molecular weight is 352 g/mol. The number of nitrogens with one attached hydrogen (secondary N) is 2. The molecule has 3 nitrogen and oxygen atoms in total. The zero-order chi connectivity index (χ0) is 18.2. The van der Waals surface area contributed by atoms with Crippen LogP contribution in [-0.4, -0.2) is 18.9 Å². The Balaban J connectivity index is 1.56. The van der Waals surface area contributed by atoms with Crippen LogP contribution in [0.1, 0.15) is 32.6 Å². The van der Waals surface area contributed by atoms with Crippen LogP contribution in [0.2, 0.25) is 0 Å². The maximum Gasteiger partial charge on any atom is 0.194 e. The summed E-state index contributed by atoms with van der Waals surface area (Å²) in [6.07, 6.45) is 0.965. The van der Waals surface area contributed by atoms with Crippen molar-refractivity contribution in [3.63, 3.8) is 0 Å². The van der Waals surface area contributed by atoms with E-state index < -0.39 is 0 Å². The first-order valence-corrected chi connectivity index (χ1v) is 9.35. The Morgan fingerprint density at radius 2 is 1.56 bits per heavy atom. The Hall–Kier alpha value is -3.33. The van der Waals surface area contributed by atoms with E-state index in [0.717, 1.165) is 53.1 Å². The van der Waals surface area contributed by atoms with Gasteiger partial charge in [-0.3, -0.25) is 4.79 Å². The molecule has 0 atom stereocenters. The van der Waals surface area contributed by atoms with E-state index in [4.69, 9.17) is 0 Å². The van der Waals surface area contributed by atoms with Gasteiger partial charge < -0.3 is 10.6 Å². The van der Waals surface area contributed by atoms with Gasteiger partial charge in [-0.1, -0.05) is 66.7 Å². The predicted octanol–water partition coefficient (Wildman–Crippen LogP) is 4.25. The van der Waals surface area contributed by atoms with Gasteiger partial charge in [0.15, 0.2) is 5.78 Å². The van der Waals surface area contributed by atoms with E-state index in [9.17, 15) is 4.79 Å². The molecule has 3 aromatic carbocycles. The highest BCUT2D eigenvalue weighted by molar-refractivity contribution is 6.20. The molecule has 1 heterocycles. The van der Waals surface area contributed by atoms with E-state index in [1.807, 2.05) is 36.4 Å². The zero-order valence-electron chi connectivity index (χ0n) is 15.0. The highest BCUT2D eigenvalue weighted by Crippen LogP contribution is 2.43. The topological polar surface area (TPSA) is 41.1 Å². The largest absolute Gasteiger partial charge is 0.386 e. The molecule has 5 rings (SSSR count). The monoisotopic (exact) mass is 352 g/mol. The summed E-state index contributed by atoms with van der Waals surface area (Å²) in [6, 6.07) is 24.4. The Morgan fingerprint density at radius 1 is 0.815 bits per heavy atom. The lowest BCUT2D eigenvalue weighted by atomic mass is 9.78. The molecule has 0 unspecified atom stereocenters. The first-order chi connectivity index (χ1) is 13.3. The lowest BCUT2D eigenvalue weighted by Crippen LogP contribution is -2.30. The molecule has 132 valence electrons. The Kier molecular flexibility index (Phi) is 3.79. The fourth-order valence-electron chi connectivity index (χ4n) is 4.08. The van der Waals surface area contributed by atoms with E-state index in [2.05, 4.69) is 47.0 Å². The lowest BCUT2D eigenvalue weighted by molar-refractivity contribution is 0.103. The van der Waals surface area contributed by atoms with Crippen LogP contribution < -0.4 is 10.6 Å². The van der Waals surface area contributed by atoms with Gasteiger partial charge in [-0.15, -0.1) is 0 Å². The molecule has 1 aliphatic heterocycles. The van der Waals surface area contributed by atoms with Crippen molar-refractivity contribution in [3.8, 4) is 0 Å². The summed E-state index contributed by atoms with van der Waals surface area (Å²) in [4.78, 5) is 13.0. The summed E-state index contributed by atoms with van der Waals surface area (Å²) in [5.74, 6) is 0.110. The lowest BCUT2D eigenvalue weighted by Gasteiger charge is -2.31. The second kappa shape index (κ2) is 6.44. The molecule has 1 aliphatic carbocycles. The van der Waals surface area contributed by atoms with Crippen LogP contribution in [0, 0.1) is 0 Å². The maximum atomic E-state index is 13.0. The quantitative estimate of drug-likeness (QED) is 0.577. The minimum Gasteiger partial charge on any atom is -0.386 e. The second-order valence-corrected chi connectivity index (χ2v) is 6.97. The number of ketones is 1. The minimum absolute atomic E-state index is 0.110. The van der Waals surface area contributed by atoms with Crippen molar-refractivity contribution in [2.45, 2.75) is 6.42 Å². The number of benzene rings is 3. The minimum atomic E-state index is 0.110. The molecule has 0 aromatic heterocycles. The fourth-order valence-corrected chi connectivity index (χ4v) is 4.08. The fraction of sp³-hybridized carbons (Fsp3) is 0.125. The van der Waals surface area contributed by atoms with Gasteiger partial charge in [-0.05, 0) is 23.6 Å². The summed E-state index contributed by atoms with van der Waals surface area (Å²) in [7, 11) is 0. The highest BCUT2D eigenvalue weighted by Gasteiger charge is 2.32. The van der Waals surface area contributed by atoms with Crippen LogP contribution >= 0.6 is 0 Å². The second-order valence-electron chi connectivity index (χ2n) is 6.97. The third-order valence-corrected chi connectivity index (χ3v) is 5.35. The van der Waals surface area contributed by atoms with Gasteiger partial charge in [-0.2, -0.15) is 0 Å². The Labute approximate surface area is 158 Å². The highest BCUT2D eigenvalue weighted by atomic mass is 16.1. The number of anilines is 1. The van der Waals surface area contributed by atoms with Crippen molar-refractivity contribution in [1.29, 1.82) is 0 Å². The molecule has 0 amide bonds. The molecule has 27 heavy (non-hydrogen) atoms. The van der Waals surface area contributed by atoms with E-state index in [1.54, 1.807) is 0 Å². The molecular formula is C24H20N2O. The average Bonchev–Trinajstić information content (AvgIpc) is 2.73. The van der Waals surface area contributed by atoms with Crippen molar-refractivity contribution in [3.05, 3.63) is 106 Å². The maximum absolute atomic E-state index is 13.0. The summed E-state index contributed by atoms with van der Waals surface area (Å²) in [5.41, 5.74) is 8.34. The van der Waals surface area contributed by atoms with Gasteiger partial charge in [0.05, 0.1) is 6.54 Å². The number of hydrogen-bond donors (Lipinski definition) is 2. The number of carbonyl (C=O) groups is 1. The van der Waals surface area contributed by atoms with E-state index >= 15 is 0 Å². The van der Waals surface area contributed by atoms with E-state index in [1.165, 1.54) is 11.1 Å². The molecule has 2 N–H and O–H groups in total. The van der Waals surface area contributed by atoms with Gasteiger partial charge in [0.2, 0.25) is 0 Å². The molecular weight excluding hydrogens is 332 g/mol. The van der Waals surface area contributed by atoms with Crippen LogP contribution in [0.3, 0.4) is 0 Å². The zero-order valence-corrected chi connectivity index (χ0v) is 15.0. The standard InChI is InChI=1S/C24H20N2O/c27-24-18-10-5-4-9-17(18)22-21(25-14-13-16-7-2-1-3-8-16)15-26-20-12-6-11-19(24)23(20)22/h1-12,25-26H,13-15H2. The third-order valence-electron chi connectivity index (χ3n) is 5.35. The van der Waals surface area contributed by atoms with Crippen molar-refractivity contribution in [2.75, 3.05) is 18.4 Å². The Bertz CT molecular complexity index is 1070. The van der Waals surface area contributed by atoms with Gasteiger partial charge in [0, 0.05) is 40.2 Å². The van der Waals surface area contributed by atoms with Gasteiger partial charge in [0.1, 0.15) is 0 Å². The van der Waals surface area contributed by atoms with Crippen molar-refractivity contribution >= 4 is 17.0 Å².